The summed E-state index contributed by atoms with van der Waals surface area (Å²) in [6, 6.07) is 34.3. The number of hydrogen-bond acceptors (Lipinski definition) is 1. The molecule has 0 aliphatic carbocycles. The van der Waals surface area contributed by atoms with Gasteiger partial charge in [0, 0.05) is 0 Å². The molecule has 0 aromatic heterocycles. The summed E-state index contributed by atoms with van der Waals surface area (Å²) in [5.74, 6) is 0. The van der Waals surface area contributed by atoms with E-state index in [1.807, 2.05) is 0 Å². The minimum atomic E-state index is 0.0865. The Kier molecular flexibility index (Phi) is 6.83. The van der Waals surface area contributed by atoms with Crippen molar-refractivity contribution in [2.75, 3.05) is 0 Å². The van der Waals surface area contributed by atoms with Crippen molar-refractivity contribution < 1.29 is 4.43 Å². The molecule has 0 unspecified atom stereocenters. The summed E-state index contributed by atoms with van der Waals surface area (Å²) in [5, 5.41) is 11.5. The van der Waals surface area contributed by atoms with Gasteiger partial charge in [-0.15, -0.1) is 0 Å². The Bertz CT molecular complexity index is 1920. The second-order valence-electron chi connectivity index (χ2n) is 14.0. The molecule has 6 aromatic carbocycles. The minimum absolute atomic E-state index is 0.0865. The average Bonchev–Trinajstić information content (AvgIpc) is 2.89. The Hall–Kier alpha value is -3.46. The van der Waals surface area contributed by atoms with Crippen molar-refractivity contribution in [2.45, 2.75) is 61.5 Å². The first-order chi connectivity index (χ1) is 19.4. The lowest BCUT2D eigenvalue weighted by molar-refractivity contribution is 0.00183. The second kappa shape index (κ2) is 10.1. The third kappa shape index (κ3) is 5.44. The Morgan fingerprint density at radius 2 is 1.02 bits per heavy atom. The lowest BCUT2D eigenvalue weighted by atomic mass is 9.74. The highest BCUT2D eigenvalue weighted by atomic mass is 28.2. The summed E-state index contributed by atoms with van der Waals surface area (Å²) in [5.41, 5.74) is 5.45. The van der Waals surface area contributed by atoms with E-state index in [4.69, 9.17) is 4.43 Å². The Balaban J connectivity index is 1.38. The first kappa shape index (κ1) is 27.7. The van der Waals surface area contributed by atoms with Crippen LogP contribution in [0.25, 0.3) is 54.2 Å². The van der Waals surface area contributed by atoms with Crippen molar-refractivity contribution in [3.05, 3.63) is 102 Å². The van der Waals surface area contributed by atoms with Gasteiger partial charge in [0.25, 0.3) is 9.76 Å². The summed E-state index contributed by atoms with van der Waals surface area (Å²) < 4.78 is 6.58. The molecule has 2 heteroatoms. The van der Waals surface area contributed by atoms with Gasteiger partial charge in [0.1, 0.15) is 0 Å². The molecular weight excluding hydrogens is 513 g/mol. The molecule has 206 valence electrons. The molecular formula is C39H40OSi. The molecule has 0 spiro atoms. The molecule has 0 fully saturated rings. The molecule has 0 bridgehead atoms. The van der Waals surface area contributed by atoms with Crippen LogP contribution in [0, 0.1) is 24.7 Å². The standard InChI is InChI=1S/C39H40OSi/c1-24-10-9-11-36(25(24)2)28-13-12-26-16-30-20-31-17-27-14-15-35(41-40-37(38(3,4)5)39(6,7)8)23-34(27)22-33(31)21-32(30)19-29(26)18-28/h9-23,37H,1-8H3. The molecule has 41 heavy (non-hydrogen) atoms. The summed E-state index contributed by atoms with van der Waals surface area (Å²) in [6.07, 6.45) is 0.178. The highest BCUT2D eigenvalue weighted by Crippen LogP contribution is 2.36. The molecule has 0 saturated heterocycles. The quantitative estimate of drug-likeness (QED) is 0.156. The first-order valence-corrected chi connectivity index (χ1v) is 15.6. The van der Waals surface area contributed by atoms with Gasteiger partial charge in [-0.3, -0.25) is 0 Å². The molecule has 0 N–H and O–H groups in total. The average molecular weight is 553 g/mol. The molecule has 0 amide bonds. The Labute approximate surface area is 247 Å². The molecule has 0 aliphatic rings. The fraction of sp³-hybridized carbons (Fsp3) is 0.282. The maximum absolute atomic E-state index is 6.58. The van der Waals surface area contributed by atoms with Gasteiger partial charge in [-0.05, 0) is 138 Å². The van der Waals surface area contributed by atoms with Gasteiger partial charge in [-0.25, -0.2) is 0 Å². The van der Waals surface area contributed by atoms with Gasteiger partial charge in [0.05, 0.1) is 6.10 Å². The van der Waals surface area contributed by atoms with Crippen LogP contribution in [-0.4, -0.2) is 15.9 Å². The van der Waals surface area contributed by atoms with Crippen molar-refractivity contribution in [1.82, 2.24) is 0 Å². The van der Waals surface area contributed by atoms with Gasteiger partial charge in [-0.1, -0.05) is 90.1 Å². The predicted octanol–water partition coefficient (Wildman–Crippen LogP) is 10.3. The summed E-state index contributed by atoms with van der Waals surface area (Å²) in [6.45, 7) is 18.1. The summed E-state index contributed by atoms with van der Waals surface area (Å²) >= 11 is 0. The predicted molar refractivity (Wildman–Crippen MR) is 181 cm³/mol. The molecule has 6 aromatic rings. The van der Waals surface area contributed by atoms with Crippen molar-refractivity contribution in [3.8, 4) is 11.1 Å². The molecule has 0 atom stereocenters. The zero-order valence-electron chi connectivity index (χ0n) is 25.6. The Morgan fingerprint density at radius 3 is 1.59 bits per heavy atom. The molecule has 0 aliphatic heterocycles. The van der Waals surface area contributed by atoms with E-state index in [2.05, 4.69) is 146 Å². The van der Waals surface area contributed by atoms with Gasteiger partial charge in [0.2, 0.25) is 0 Å². The van der Waals surface area contributed by atoms with E-state index in [0.29, 0.717) is 9.76 Å². The van der Waals surface area contributed by atoms with Crippen molar-refractivity contribution in [2.24, 2.45) is 10.8 Å². The molecule has 6 rings (SSSR count). The maximum atomic E-state index is 6.58. The normalized spacial score (nSPS) is 12.8. The fourth-order valence-corrected chi connectivity index (χ4v) is 7.90. The van der Waals surface area contributed by atoms with Crippen LogP contribution in [0.3, 0.4) is 0 Å². The van der Waals surface area contributed by atoms with Gasteiger partial charge in [-0.2, -0.15) is 0 Å². The zero-order chi connectivity index (χ0) is 29.1. The van der Waals surface area contributed by atoms with Crippen LogP contribution in [0.1, 0.15) is 52.7 Å². The van der Waals surface area contributed by atoms with Gasteiger partial charge in [0.15, 0.2) is 0 Å². The van der Waals surface area contributed by atoms with Crippen LogP contribution in [-0.2, 0) is 4.43 Å². The number of rotatable bonds is 4. The molecule has 0 heterocycles. The van der Waals surface area contributed by atoms with Crippen LogP contribution >= 0.6 is 0 Å². The first-order valence-electron chi connectivity index (χ1n) is 14.7. The lowest BCUT2D eigenvalue weighted by Crippen LogP contribution is -2.43. The monoisotopic (exact) mass is 552 g/mol. The third-order valence-electron chi connectivity index (χ3n) is 8.49. The largest absolute Gasteiger partial charge is 0.407 e. The van der Waals surface area contributed by atoms with Crippen molar-refractivity contribution >= 4 is 58.0 Å². The highest BCUT2D eigenvalue weighted by Gasteiger charge is 2.35. The number of hydrogen-bond donors (Lipinski definition) is 0. The van der Waals surface area contributed by atoms with Crippen LogP contribution in [0.5, 0.6) is 0 Å². The zero-order valence-corrected chi connectivity index (χ0v) is 26.6. The molecule has 2 radical (unpaired) electrons. The highest BCUT2D eigenvalue weighted by molar-refractivity contribution is 6.47. The SMILES string of the molecule is Cc1cccc(-c2ccc3cc4cc5cc6ccc([Si]OC(C(C)(C)C)C(C)(C)C)cc6cc5cc4cc3c2)c1C. The summed E-state index contributed by atoms with van der Waals surface area (Å²) in [7, 11) is 0.330. The van der Waals surface area contributed by atoms with E-state index in [1.165, 1.54) is 70.5 Å². The van der Waals surface area contributed by atoms with Crippen LogP contribution in [0.15, 0.2) is 91.0 Å². The van der Waals surface area contributed by atoms with E-state index in [1.54, 1.807) is 0 Å². The van der Waals surface area contributed by atoms with Gasteiger partial charge >= 0.3 is 0 Å². The number of benzene rings is 6. The smallest absolute Gasteiger partial charge is 0.269 e. The summed E-state index contributed by atoms with van der Waals surface area (Å²) in [4.78, 5) is 0. The third-order valence-corrected chi connectivity index (χ3v) is 9.39. The fourth-order valence-electron chi connectivity index (χ4n) is 6.58. The molecule has 0 saturated carbocycles. The van der Waals surface area contributed by atoms with E-state index in [0.717, 1.165) is 0 Å². The topological polar surface area (TPSA) is 9.23 Å². The molecule has 1 nitrogen and oxygen atoms in total. The van der Waals surface area contributed by atoms with Crippen molar-refractivity contribution in [3.63, 3.8) is 0 Å². The van der Waals surface area contributed by atoms with E-state index in [9.17, 15) is 0 Å². The van der Waals surface area contributed by atoms with Crippen LogP contribution in [0.4, 0.5) is 0 Å². The van der Waals surface area contributed by atoms with Crippen molar-refractivity contribution in [1.29, 1.82) is 0 Å². The minimum Gasteiger partial charge on any atom is -0.407 e. The second-order valence-corrected chi connectivity index (χ2v) is 15.0. The number of fused-ring (bicyclic) bond motifs is 4. The Morgan fingerprint density at radius 1 is 0.537 bits per heavy atom. The van der Waals surface area contributed by atoms with Crippen LogP contribution < -0.4 is 5.19 Å². The van der Waals surface area contributed by atoms with E-state index < -0.39 is 0 Å². The lowest BCUT2D eigenvalue weighted by Gasteiger charge is -2.40. The maximum Gasteiger partial charge on any atom is 0.269 e. The number of aryl methyl sites for hydroxylation is 1. The van der Waals surface area contributed by atoms with Gasteiger partial charge < -0.3 is 4.43 Å². The van der Waals surface area contributed by atoms with E-state index in [-0.39, 0.29) is 16.9 Å². The van der Waals surface area contributed by atoms with Crippen LogP contribution in [0.2, 0.25) is 0 Å². The van der Waals surface area contributed by atoms with E-state index >= 15 is 0 Å².